The molecule has 1 saturated heterocycles. The summed E-state index contributed by atoms with van der Waals surface area (Å²) < 4.78 is 38.0. The number of carbonyl (C=O) groups excluding carboxylic acids is 2. The summed E-state index contributed by atoms with van der Waals surface area (Å²) in [4.78, 5) is 26.4. The van der Waals surface area contributed by atoms with E-state index in [0.717, 1.165) is 9.87 Å². The lowest BCUT2D eigenvalue weighted by molar-refractivity contribution is -0.116. The molecule has 0 spiro atoms. The van der Waals surface area contributed by atoms with Crippen molar-refractivity contribution in [1.82, 2.24) is 10.2 Å². The van der Waals surface area contributed by atoms with Gasteiger partial charge in [0, 0.05) is 13.0 Å². The monoisotopic (exact) mass is 453 g/mol. The first-order valence-electron chi connectivity index (χ1n) is 9.15. The zero-order valence-corrected chi connectivity index (χ0v) is 18.0. The predicted octanol–water partition coefficient (Wildman–Crippen LogP) is 2.58. The molecule has 160 valence electrons. The Morgan fingerprint density at radius 2 is 1.90 bits per heavy atom. The molecule has 1 fully saturated rings. The van der Waals surface area contributed by atoms with Gasteiger partial charge in [-0.25, -0.2) is 17.1 Å². The van der Waals surface area contributed by atoms with Crippen molar-refractivity contribution in [3.8, 4) is 0 Å². The van der Waals surface area contributed by atoms with E-state index in [9.17, 15) is 22.4 Å². The van der Waals surface area contributed by atoms with E-state index >= 15 is 0 Å². The van der Waals surface area contributed by atoms with E-state index in [4.69, 9.17) is 11.6 Å². The Kier molecular flexibility index (Phi) is 6.44. The lowest BCUT2D eigenvalue weighted by Gasteiger charge is -2.25. The van der Waals surface area contributed by atoms with Gasteiger partial charge in [0.15, 0.2) is 0 Å². The number of halogens is 2. The highest BCUT2D eigenvalue weighted by Gasteiger charge is 2.36. The highest BCUT2D eigenvalue weighted by atomic mass is 35.5. The molecular weight excluding hydrogens is 433 g/mol. The first-order chi connectivity index (χ1) is 14.1. The van der Waals surface area contributed by atoms with E-state index in [1.807, 2.05) is 19.0 Å². The number of amides is 2. The summed E-state index contributed by atoms with van der Waals surface area (Å²) in [6.45, 7) is 0.245. The van der Waals surface area contributed by atoms with Crippen LogP contribution in [0.2, 0.25) is 5.02 Å². The average molecular weight is 454 g/mol. The molecule has 1 aliphatic heterocycles. The van der Waals surface area contributed by atoms with Gasteiger partial charge in [-0.1, -0.05) is 23.7 Å². The third kappa shape index (κ3) is 4.63. The molecule has 2 aromatic carbocycles. The zero-order valence-electron chi connectivity index (χ0n) is 16.4. The van der Waals surface area contributed by atoms with Crippen molar-refractivity contribution in [3.63, 3.8) is 0 Å². The maximum Gasteiger partial charge on any atom is 0.252 e. The van der Waals surface area contributed by atoms with Crippen LogP contribution in [0.25, 0.3) is 0 Å². The lowest BCUT2D eigenvalue weighted by atomic mass is 10.1. The molecule has 0 bridgehead atoms. The lowest BCUT2D eigenvalue weighted by Crippen LogP contribution is -2.34. The van der Waals surface area contributed by atoms with Crippen molar-refractivity contribution in [2.45, 2.75) is 12.5 Å². The van der Waals surface area contributed by atoms with Crippen LogP contribution in [0.15, 0.2) is 42.5 Å². The predicted molar refractivity (Wildman–Crippen MR) is 113 cm³/mol. The molecule has 7 nitrogen and oxygen atoms in total. The van der Waals surface area contributed by atoms with Crippen LogP contribution in [0, 0.1) is 5.82 Å². The largest absolute Gasteiger partial charge is 0.350 e. The van der Waals surface area contributed by atoms with Gasteiger partial charge in [0.2, 0.25) is 15.9 Å². The van der Waals surface area contributed by atoms with Gasteiger partial charge in [-0.05, 0) is 50.0 Å². The third-order valence-corrected chi connectivity index (χ3v) is 6.85. The summed E-state index contributed by atoms with van der Waals surface area (Å²) in [6.07, 6.45) is -0.0858. The Hall–Kier alpha value is -2.49. The summed E-state index contributed by atoms with van der Waals surface area (Å²) in [5.41, 5.74) is 1.10. The quantitative estimate of drug-likeness (QED) is 0.726. The van der Waals surface area contributed by atoms with Gasteiger partial charge in [0.05, 0.1) is 28.1 Å². The molecule has 0 saturated carbocycles. The molecule has 2 aromatic rings. The van der Waals surface area contributed by atoms with Gasteiger partial charge in [-0.3, -0.25) is 9.59 Å². The highest BCUT2D eigenvalue weighted by Crippen LogP contribution is 2.29. The topological polar surface area (TPSA) is 86.8 Å². The number of hydrogen-bond donors (Lipinski definition) is 1. The summed E-state index contributed by atoms with van der Waals surface area (Å²) in [7, 11) is -0.0261. The number of hydrogen-bond acceptors (Lipinski definition) is 5. The van der Waals surface area contributed by atoms with E-state index in [0.29, 0.717) is 0 Å². The van der Waals surface area contributed by atoms with Crippen molar-refractivity contribution in [3.05, 3.63) is 64.4 Å². The molecule has 3 rings (SSSR count). The molecular formula is C20H21ClFN3O4S. The van der Waals surface area contributed by atoms with Gasteiger partial charge in [0.25, 0.3) is 5.91 Å². The van der Waals surface area contributed by atoms with Crippen LogP contribution in [-0.2, 0) is 14.8 Å². The molecule has 1 unspecified atom stereocenters. The SMILES string of the molecule is CN(C)C(CNC(=O)c1ccc(N2C(=O)CCS2(=O)=O)cc1Cl)c1ccc(F)cc1. The zero-order chi connectivity index (χ0) is 22.1. The fraction of sp³-hybridized carbons (Fsp3) is 0.300. The molecule has 1 heterocycles. The van der Waals surface area contributed by atoms with Gasteiger partial charge >= 0.3 is 0 Å². The molecule has 0 aromatic heterocycles. The number of anilines is 1. The Morgan fingerprint density at radius 1 is 1.23 bits per heavy atom. The number of carbonyl (C=O) groups is 2. The number of nitrogens with zero attached hydrogens (tertiary/aromatic N) is 2. The fourth-order valence-corrected chi connectivity index (χ4v) is 4.96. The van der Waals surface area contributed by atoms with E-state index in [1.165, 1.54) is 30.3 Å². The van der Waals surface area contributed by atoms with Crippen LogP contribution in [0.1, 0.15) is 28.4 Å². The van der Waals surface area contributed by atoms with Crippen LogP contribution in [0.5, 0.6) is 0 Å². The van der Waals surface area contributed by atoms with Crippen LogP contribution in [0.4, 0.5) is 10.1 Å². The number of rotatable bonds is 6. The second-order valence-electron chi connectivity index (χ2n) is 7.13. The van der Waals surface area contributed by atoms with E-state index in [2.05, 4.69) is 5.32 Å². The second-order valence-corrected chi connectivity index (χ2v) is 9.47. The van der Waals surface area contributed by atoms with Crippen molar-refractivity contribution < 1.29 is 22.4 Å². The fourth-order valence-electron chi connectivity index (χ4n) is 3.25. The Labute approximate surface area is 179 Å². The Balaban J connectivity index is 1.75. The molecule has 10 heteroatoms. The van der Waals surface area contributed by atoms with Gasteiger partial charge in [0.1, 0.15) is 5.82 Å². The number of likely N-dealkylation sites (N-methyl/N-ethyl adjacent to an activating group) is 1. The highest BCUT2D eigenvalue weighted by molar-refractivity contribution is 7.94. The van der Waals surface area contributed by atoms with Crippen molar-refractivity contribution >= 4 is 39.1 Å². The molecule has 1 N–H and O–H groups in total. The first kappa shape index (κ1) is 22.2. The first-order valence-corrected chi connectivity index (χ1v) is 11.1. The molecule has 1 aliphatic rings. The minimum absolute atomic E-state index is 0.0306. The van der Waals surface area contributed by atoms with Crippen molar-refractivity contribution in [2.24, 2.45) is 0 Å². The van der Waals surface area contributed by atoms with E-state index in [1.54, 1.807) is 12.1 Å². The maximum absolute atomic E-state index is 13.2. The molecule has 0 aliphatic carbocycles. The maximum atomic E-state index is 13.2. The Morgan fingerprint density at radius 3 is 2.43 bits per heavy atom. The minimum Gasteiger partial charge on any atom is -0.350 e. The summed E-state index contributed by atoms with van der Waals surface area (Å²) in [5.74, 6) is -1.57. The summed E-state index contributed by atoms with van der Waals surface area (Å²) in [6, 6.07) is 9.89. The molecule has 30 heavy (non-hydrogen) atoms. The van der Waals surface area contributed by atoms with E-state index < -0.39 is 21.8 Å². The minimum atomic E-state index is -3.71. The van der Waals surface area contributed by atoms with Crippen molar-refractivity contribution in [2.75, 3.05) is 30.7 Å². The normalized spacial score (nSPS) is 16.7. The van der Waals surface area contributed by atoms with Gasteiger partial charge in [-0.15, -0.1) is 0 Å². The van der Waals surface area contributed by atoms with Gasteiger partial charge < -0.3 is 10.2 Å². The second kappa shape index (κ2) is 8.71. The van der Waals surface area contributed by atoms with Crippen LogP contribution < -0.4 is 9.62 Å². The third-order valence-electron chi connectivity index (χ3n) is 4.84. The average Bonchev–Trinajstić information content (AvgIpc) is 2.95. The smallest absolute Gasteiger partial charge is 0.252 e. The number of sulfonamides is 1. The van der Waals surface area contributed by atoms with Gasteiger partial charge in [-0.2, -0.15) is 0 Å². The Bertz CT molecular complexity index is 1070. The van der Waals surface area contributed by atoms with Crippen LogP contribution in [0.3, 0.4) is 0 Å². The molecule has 1 atom stereocenters. The number of nitrogens with one attached hydrogen (secondary N) is 1. The van der Waals surface area contributed by atoms with Crippen LogP contribution >= 0.6 is 11.6 Å². The van der Waals surface area contributed by atoms with E-state index in [-0.39, 0.29) is 46.9 Å². The summed E-state index contributed by atoms with van der Waals surface area (Å²) in [5, 5.41) is 2.82. The van der Waals surface area contributed by atoms with Crippen molar-refractivity contribution in [1.29, 1.82) is 0 Å². The standard InChI is InChI=1S/C20H21ClFN3O4S/c1-24(2)18(13-3-5-14(22)6-4-13)12-23-20(27)16-8-7-15(11-17(16)21)25-19(26)9-10-30(25,28)29/h3-8,11,18H,9-10,12H2,1-2H3,(H,23,27). The molecule has 0 radical (unpaired) electrons. The number of benzene rings is 2. The molecule has 2 amide bonds. The summed E-state index contributed by atoms with van der Waals surface area (Å²) >= 11 is 6.21. The van der Waals surface area contributed by atoms with Crippen LogP contribution in [-0.4, -0.2) is 51.5 Å².